The summed E-state index contributed by atoms with van der Waals surface area (Å²) in [4.78, 5) is 18.7. The Bertz CT molecular complexity index is 1160. The number of nitrogens with zero attached hydrogens (tertiary/aromatic N) is 2. The van der Waals surface area contributed by atoms with Gasteiger partial charge in [0.25, 0.3) is 5.91 Å². The van der Waals surface area contributed by atoms with Crippen molar-refractivity contribution in [2.75, 3.05) is 4.90 Å². The first-order valence-electron chi connectivity index (χ1n) is 8.91. The van der Waals surface area contributed by atoms with Gasteiger partial charge in [0.05, 0.1) is 17.8 Å². The predicted molar refractivity (Wildman–Crippen MR) is 105 cm³/mol. The number of anilines is 2. The topological polar surface area (TPSA) is 73.1 Å². The fourth-order valence-corrected chi connectivity index (χ4v) is 3.26. The van der Waals surface area contributed by atoms with Crippen molar-refractivity contribution in [3.05, 3.63) is 83.4 Å². The van der Waals surface area contributed by atoms with E-state index in [1.54, 1.807) is 0 Å². The largest absolute Gasteiger partial charge is 0.508 e. The number of fused-ring (bicyclic) bond motifs is 1. The van der Waals surface area contributed by atoms with Gasteiger partial charge in [-0.05, 0) is 54.1 Å². The van der Waals surface area contributed by atoms with Crippen LogP contribution in [0.15, 0.2) is 71.7 Å². The molecule has 3 aromatic rings. The van der Waals surface area contributed by atoms with Crippen LogP contribution in [-0.4, -0.2) is 21.8 Å². The Kier molecular flexibility index (Phi) is 4.69. The fraction of sp³-hybridized carbons (Fsp3) is 0.0909. The highest BCUT2D eigenvalue weighted by Gasteiger charge is 2.35. The van der Waals surface area contributed by atoms with E-state index in [9.17, 15) is 28.2 Å². The Morgan fingerprint density at radius 2 is 1.60 bits per heavy atom. The quantitative estimate of drug-likeness (QED) is 0.650. The number of aromatic hydroxyl groups is 2. The molecule has 1 amide bonds. The molecule has 1 heterocycles. The zero-order valence-electron chi connectivity index (χ0n) is 15.4. The monoisotopic (exact) mass is 412 g/mol. The Balaban J connectivity index is 1.72. The van der Waals surface area contributed by atoms with Gasteiger partial charge in [0.15, 0.2) is 0 Å². The molecule has 30 heavy (non-hydrogen) atoms. The lowest BCUT2D eigenvalue weighted by Crippen LogP contribution is -2.25. The molecule has 1 aliphatic heterocycles. The molecule has 0 saturated heterocycles. The molecule has 0 radical (unpaired) electrons. The Labute approximate surface area is 169 Å². The van der Waals surface area contributed by atoms with Gasteiger partial charge in [-0.1, -0.05) is 12.1 Å². The maximum atomic E-state index is 13.1. The smallest absolute Gasteiger partial charge is 0.416 e. The second kappa shape index (κ2) is 7.22. The van der Waals surface area contributed by atoms with Gasteiger partial charge in [-0.3, -0.25) is 14.7 Å². The molecule has 0 atom stereocenters. The molecule has 1 aliphatic rings. The van der Waals surface area contributed by atoms with E-state index in [4.69, 9.17) is 0 Å². The van der Waals surface area contributed by atoms with Gasteiger partial charge in [-0.25, -0.2) is 0 Å². The van der Waals surface area contributed by atoms with Crippen molar-refractivity contribution < 1.29 is 28.2 Å². The van der Waals surface area contributed by atoms with Gasteiger partial charge in [0.1, 0.15) is 17.2 Å². The van der Waals surface area contributed by atoms with Crippen molar-refractivity contribution in [1.82, 2.24) is 0 Å². The first-order valence-corrected chi connectivity index (χ1v) is 8.91. The predicted octanol–water partition coefficient (Wildman–Crippen LogP) is 4.78. The first-order chi connectivity index (χ1) is 14.2. The Morgan fingerprint density at radius 3 is 2.30 bits per heavy atom. The van der Waals surface area contributed by atoms with Gasteiger partial charge < -0.3 is 10.2 Å². The van der Waals surface area contributed by atoms with Crippen LogP contribution in [0.1, 0.15) is 16.7 Å². The maximum absolute atomic E-state index is 13.1. The number of hydrogen-bond donors (Lipinski definition) is 2. The lowest BCUT2D eigenvalue weighted by atomic mass is 10.1. The average molecular weight is 412 g/mol. The van der Waals surface area contributed by atoms with Gasteiger partial charge in [-0.2, -0.15) is 13.2 Å². The van der Waals surface area contributed by atoms with E-state index in [-0.39, 0.29) is 23.8 Å². The molecule has 0 spiro atoms. The molecule has 0 aliphatic carbocycles. The number of phenols is 2. The van der Waals surface area contributed by atoms with E-state index in [0.29, 0.717) is 22.5 Å². The lowest BCUT2D eigenvalue weighted by Gasteiger charge is -2.17. The summed E-state index contributed by atoms with van der Waals surface area (Å²) in [5, 5.41) is 19.4. The number of carbonyl (C=O) groups excluding carboxylic acids is 1. The molecule has 0 aromatic heterocycles. The second-order valence-corrected chi connectivity index (χ2v) is 6.72. The van der Waals surface area contributed by atoms with Crippen LogP contribution in [0.2, 0.25) is 0 Å². The molecular formula is C22H15F3N2O3. The molecule has 0 unspecified atom stereocenters. The zero-order valence-corrected chi connectivity index (χ0v) is 15.4. The number of rotatable bonds is 3. The number of benzene rings is 3. The van der Waals surface area contributed by atoms with Crippen LogP contribution in [0, 0.1) is 0 Å². The van der Waals surface area contributed by atoms with Crippen molar-refractivity contribution in [2.45, 2.75) is 12.7 Å². The van der Waals surface area contributed by atoms with Gasteiger partial charge in [-0.15, -0.1) is 0 Å². The third-order valence-electron chi connectivity index (χ3n) is 4.66. The summed E-state index contributed by atoms with van der Waals surface area (Å²) in [7, 11) is 0. The summed E-state index contributed by atoms with van der Waals surface area (Å²) in [5.41, 5.74) is 0.915. The van der Waals surface area contributed by atoms with Gasteiger partial charge in [0, 0.05) is 17.3 Å². The minimum Gasteiger partial charge on any atom is -0.508 e. The first kappa shape index (κ1) is 19.5. The van der Waals surface area contributed by atoms with E-state index in [1.165, 1.54) is 59.5 Å². The van der Waals surface area contributed by atoms with Crippen LogP contribution in [0.25, 0.3) is 0 Å². The molecule has 2 N–H and O–H groups in total. The molecule has 3 aromatic carbocycles. The molecule has 8 heteroatoms. The van der Waals surface area contributed by atoms with Crippen LogP contribution in [-0.2, 0) is 17.5 Å². The molecule has 5 nitrogen and oxygen atoms in total. The van der Waals surface area contributed by atoms with Gasteiger partial charge >= 0.3 is 6.18 Å². The maximum Gasteiger partial charge on any atom is 0.416 e. The van der Waals surface area contributed by atoms with Crippen LogP contribution in [0.3, 0.4) is 0 Å². The van der Waals surface area contributed by atoms with E-state index in [0.717, 1.165) is 12.1 Å². The van der Waals surface area contributed by atoms with E-state index in [1.807, 2.05) is 0 Å². The highest BCUT2D eigenvalue weighted by molar-refractivity contribution is 6.55. The Hall–Kier alpha value is -3.81. The third kappa shape index (κ3) is 3.59. The minimum atomic E-state index is -4.47. The minimum absolute atomic E-state index is 0.0277. The average Bonchev–Trinajstić information content (AvgIpc) is 2.97. The summed E-state index contributed by atoms with van der Waals surface area (Å²) < 4.78 is 38.8. The fourth-order valence-electron chi connectivity index (χ4n) is 3.26. The molecule has 4 rings (SSSR count). The molecule has 0 bridgehead atoms. The van der Waals surface area contributed by atoms with Crippen LogP contribution < -0.4 is 4.90 Å². The molecular weight excluding hydrogens is 397 g/mol. The highest BCUT2D eigenvalue weighted by Crippen LogP contribution is 2.38. The summed E-state index contributed by atoms with van der Waals surface area (Å²) >= 11 is 0. The van der Waals surface area contributed by atoms with E-state index < -0.39 is 17.6 Å². The normalized spacial score (nSPS) is 15.0. The molecule has 0 fully saturated rings. The zero-order chi connectivity index (χ0) is 21.5. The van der Waals surface area contributed by atoms with Crippen molar-refractivity contribution in [2.24, 2.45) is 4.99 Å². The van der Waals surface area contributed by atoms with Crippen LogP contribution in [0.5, 0.6) is 11.5 Å². The number of alkyl halides is 3. The van der Waals surface area contributed by atoms with E-state index in [2.05, 4.69) is 4.99 Å². The molecule has 0 saturated carbocycles. The number of aliphatic imine (C=N–C) groups is 1. The summed E-state index contributed by atoms with van der Waals surface area (Å²) in [6, 6.07) is 15.0. The van der Waals surface area contributed by atoms with Crippen LogP contribution in [0.4, 0.5) is 24.5 Å². The van der Waals surface area contributed by atoms with Crippen molar-refractivity contribution in [1.29, 1.82) is 0 Å². The van der Waals surface area contributed by atoms with Crippen molar-refractivity contribution >= 4 is 23.0 Å². The number of phenolic OH excluding ortho intramolecular Hbond substituents is 2. The highest BCUT2D eigenvalue weighted by atomic mass is 19.4. The number of amides is 1. The molecule has 152 valence electrons. The van der Waals surface area contributed by atoms with Crippen LogP contribution >= 0.6 is 0 Å². The summed E-state index contributed by atoms with van der Waals surface area (Å²) in [6.45, 7) is -0.116. The van der Waals surface area contributed by atoms with Crippen molar-refractivity contribution in [3.8, 4) is 11.5 Å². The standard InChI is InChI=1S/C22H15F3N2O3/c23-22(24,25)14-3-1-2-13(10-14)12-26-20-18-9-8-17(29)11-19(18)27(21(20)30)15-4-6-16(28)7-5-15/h1-11,28-29H,12H2. The number of carbonyl (C=O) groups is 1. The van der Waals surface area contributed by atoms with E-state index >= 15 is 0 Å². The van der Waals surface area contributed by atoms with Gasteiger partial charge in [0.2, 0.25) is 0 Å². The third-order valence-corrected chi connectivity index (χ3v) is 4.66. The number of hydrogen-bond acceptors (Lipinski definition) is 4. The Morgan fingerprint density at radius 1 is 0.900 bits per heavy atom. The summed E-state index contributed by atoms with van der Waals surface area (Å²) in [6.07, 6.45) is -4.47. The number of halogens is 3. The van der Waals surface area contributed by atoms with Crippen molar-refractivity contribution in [3.63, 3.8) is 0 Å². The summed E-state index contributed by atoms with van der Waals surface area (Å²) in [5.74, 6) is -0.502. The second-order valence-electron chi connectivity index (χ2n) is 6.72. The lowest BCUT2D eigenvalue weighted by molar-refractivity contribution is -0.137. The SMILES string of the molecule is O=C1C(=NCc2cccc(C(F)(F)F)c2)c2ccc(O)cc2N1c1ccc(O)cc1.